The Morgan fingerprint density at radius 1 is 1.70 bits per heavy atom. The van der Waals surface area contributed by atoms with Crippen LogP contribution >= 0.6 is 0 Å². The molecule has 1 fully saturated rings. The zero-order valence-corrected chi connectivity index (χ0v) is 6.47. The Morgan fingerprint density at radius 3 is 2.60 bits per heavy atom. The van der Waals surface area contributed by atoms with Gasteiger partial charge in [0.15, 0.2) is 0 Å². The van der Waals surface area contributed by atoms with E-state index in [0.717, 1.165) is 6.42 Å². The molecule has 1 saturated carbocycles. The zero-order chi connectivity index (χ0) is 7.56. The topological polar surface area (TPSA) is 43.1 Å². The van der Waals surface area contributed by atoms with Crippen molar-refractivity contribution in [2.24, 2.45) is 11.7 Å². The van der Waals surface area contributed by atoms with Crippen LogP contribution in [-0.2, 0) is 4.79 Å². The van der Waals surface area contributed by atoms with Gasteiger partial charge in [-0.2, -0.15) is 0 Å². The molecule has 1 unspecified atom stereocenters. The molecule has 1 aliphatic carbocycles. The Labute approximate surface area is 61.8 Å². The van der Waals surface area contributed by atoms with E-state index < -0.39 is 0 Å². The fourth-order valence-corrected chi connectivity index (χ4v) is 1.17. The van der Waals surface area contributed by atoms with Gasteiger partial charge >= 0.3 is 0 Å². The molecule has 0 radical (unpaired) electrons. The molecule has 2 N–H and O–H groups in total. The highest BCUT2D eigenvalue weighted by Gasteiger charge is 2.21. The van der Waals surface area contributed by atoms with Gasteiger partial charge in [-0.3, -0.25) is 4.79 Å². The van der Waals surface area contributed by atoms with Crippen molar-refractivity contribution in [1.29, 1.82) is 0 Å². The average Bonchev–Trinajstić information content (AvgIpc) is 1.77. The number of carbonyl (C=O) groups excluding carboxylic acids is 1. The minimum Gasteiger partial charge on any atom is -0.322 e. The minimum absolute atomic E-state index is 0.227. The van der Waals surface area contributed by atoms with Crippen LogP contribution in [0.25, 0.3) is 0 Å². The van der Waals surface area contributed by atoms with Crippen molar-refractivity contribution in [1.82, 2.24) is 0 Å². The quantitative estimate of drug-likeness (QED) is 0.639. The normalized spacial score (nSPS) is 21.8. The lowest BCUT2D eigenvalue weighted by Crippen LogP contribution is -2.29. The molecule has 1 aliphatic rings. The van der Waals surface area contributed by atoms with E-state index in [4.69, 9.17) is 5.73 Å². The maximum absolute atomic E-state index is 11.0. The third-order valence-electron chi connectivity index (χ3n) is 2.22. The molecule has 2 heteroatoms. The highest BCUT2D eigenvalue weighted by molar-refractivity contribution is 5.83. The number of ketones is 1. The second kappa shape index (κ2) is 3.15. The predicted molar refractivity (Wildman–Crippen MR) is 40.6 cm³/mol. The highest BCUT2D eigenvalue weighted by Crippen LogP contribution is 2.29. The molecule has 0 saturated heterocycles. The summed E-state index contributed by atoms with van der Waals surface area (Å²) in [6.45, 7) is 1.76. The first-order valence-corrected chi connectivity index (χ1v) is 3.98. The molecule has 0 bridgehead atoms. The molecule has 2 nitrogen and oxygen atoms in total. The molecule has 58 valence electrons. The van der Waals surface area contributed by atoms with E-state index in [-0.39, 0.29) is 11.8 Å². The van der Waals surface area contributed by atoms with Crippen LogP contribution in [0.1, 0.15) is 32.6 Å². The largest absolute Gasteiger partial charge is 0.322 e. The number of hydrogen-bond acceptors (Lipinski definition) is 2. The SMILES string of the molecule is CC(N)C(=O)CC1CCC1. The summed E-state index contributed by atoms with van der Waals surface area (Å²) < 4.78 is 0. The van der Waals surface area contributed by atoms with Crippen molar-refractivity contribution in [2.45, 2.75) is 38.6 Å². The summed E-state index contributed by atoms with van der Waals surface area (Å²) in [6, 6.07) is -0.249. The van der Waals surface area contributed by atoms with Crippen molar-refractivity contribution in [2.75, 3.05) is 0 Å². The lowest BCUT2D eigenvalue weighted by atomic mass is 9.81. The van der Waals surface area contributed by atoms with Gasteiger partial charge in [-0.25, -0.2) is 0 Å². The van der Waals surface area contributed by atoms with Crippen LogP contribution in [0.15, 0.2) is 0 Å². The van der Waals surface area contributed by atoms with Gasteiger partial charge < -0.3 is 5.73 Å². The van der Waals surface area contributed by atoms with Crippen molar-refractivity contribution in [3.63, 3.8) is 0 Å². The molecular formula is C8H15NO. The standard InChI is InChI=1S/C8H15NO/c1-6(9)8(10)5-7-3-2-4-7/h6-7H,2-5,9H2,1H3. The number of rotatable bonds is 3. The molecular weight excluding hydrogens is 126 g/mol. The van der Waals surface area contributed by atoms with Crippen LogP contribution < -0.4 is 5.73 Å². The molecule has 0 aromatic carbocycles. The first kappa shape index (κ1) is 7.73. The Kier molecular flexibility index (Phi) is 2.44. The van der Waals surface area contributed by atoms with Crippen LogP contribution in [-0.4, -0.2) is 11.8 Å². The summed E-state index contributed by atoms with van der Waals surface area (Å²) in [5.41, 5.74) is 5.41. The van der Waals surface area contributed by atoms with Gasteiger partial charge in [0.1, 0.15) is 5.78 Å². The first-order valence-electron chi connectivity index (χ1n) is 3.98. The summed E-state index contributed by atoms with van der Waals surface area (Å²) in [7, 11) is 0. The van der Waals surface area contributed by atoms with Crippen LogP contribution in [0, 0.1) is 5.92 Å². The van der Waals surface area contributed by atoms with Gasteiger partial charge in [-0.05, 0) is 12.8 Å². The number of nitrogens with two attached hydrogens (primary N) is 1. The number of Topliss-reactive ketones (excluding diaryl/α,β-unsaturated/α-hetero) is 1. The van der Waals surface area contributed by atoms with E-state index in [1.54, 1.807) is 6.92 Å². The molecule has 10 heavy (non-hydrogen) atoms. The van der Waals surface area contributed by atoms with E-state index in [0.29, 0.717) is 5.92 Å². The molecule has 0 aliphatic heterocycles. The van der Waals surface area contributed by atoms with Crippen LogP contribution in [0.4, 0.5) is 0 Å². The zero-order valence-electron chi connectivity index (χ0n) is 6.47. The molecule has 0 heterocycles. The van der Waals surface area contributed by atoms with E-state index in [9.17, 15) is 4.79 Å². The summed E-state index contributed by atoms with van der Waals surface area (Å²) in [5, 5.41) is 0. The van der Waals surface area contributed by atoms with Crippen molar-refractivity contribution >= 4 is 5.78 Å². The Balaban J connectivity index is 2.17. The third-order valence-corrected chi connectivity index (χ3v) is 2.22. The Morgan fingerprint density at radius 2 is 2.30 bits per heavy atom. The van der Waals surface area contributed by atoms with Crippen LogP contribution in [0.5, 0.6) is 0 Å². The lowest BCUT2D eigenvalue weighted by Gasteiger charge is -2.24. The summed E-state index contributed by atoms with van der Waals surface area (Å²) in [4.78, 5) is 11.0. The van der Waals surface area contributed by atoms with Crippen LogP contribution in [0.2, 0.25) is 0 Å². The third kappa shape index (κ3) is 1.81. The fourth-order valence-electron chi connectivity index (χ4n) is 1.17. The molecule has 0 aromatic heterocycles. The van der Waals surface area contributed by atoms with E-state index in [1.807, 2.05) is 0 Å². The van der Waals surface area contributed by atoms with Gasteiger partial charge in [0.2, 0.25) is 0 Å². The molecule has 1 atom stereocenters. The number of hydrogen-bond donors (Lipinski definition) is 1. The maximum atomic E-state index is 11.0. The van der Waals surface area contributed by atoms with Gasteiger partial charge in [0, 0.05) is 6.42 Å². The molecule has 0 amide bonds. The van der Waals surface area contributed by atoms with Crippen LogP contribution in [0.3, 0.4) is 0 Å². The van der Waals surface area contributed by atoms with E-state index in [2.05, 4.69) is 0 Å². The Bertz CT molecular complexity index is 127. The smallest absolute Gasteiger partial charge is 0.149 e. The molecule has 0 spiro atoms. The summed E-state index contributed by atoms with van der Waals surface area (Å²) in [6.07, 6.45) is 4.49. The second-order valence-corrected chi connectivity index (χ2v) is 3.26. The molecule has 0 aromatic rings. The van der Waals surface area contributed by atoms with Gasteiger partial charge in [-0.15, -0.1) is 0 Å². The highest BCUT2D eigenvalue weighted by atomic mass is 16.1. The van der Waals surface area contributed by atoms with Gasteiger partial charge in [-0.1, -0.05) is 19.3 Å². The minimum atomic E-state index is -0.249. The predicted octanol–water partition coefficient (Wildman–Crippen LogP) is 1.09. The van der Waals surface area contributed by atoms with Gasteiger partial charge in [0.25, 0.3) is 0 Å². The van der Waals surface area contributed by atoms with Crippen molar-refractivity contribution in [3.05, 3.63) is 0 Å². The average molecular weight is 141 g/mol. The summed E-state index contributed by atoms with van der Waals surface area (Å²) in [5.74, 6) is 0.892. The first-order chi connectivity index (χ1) is 4.70. The second-order valence-electron chi connectivity index (χ2n) is 3.26. The maximum Gasteiger partial charge on any atom is 0.149 e. The lowest BCUT2D eigenvalue weighted by molar-refractivity contribution is -0.121. The summed E-state index contributed by atoms with van der Waals surface area (Å²) >= 11 is 0. The van der Waals surface area contributed by atoms with E-state index >= 15 is 0 Å². The van der Waals surface area contributed by atoms with Gasteiger partial charge in [0.05, 0.1) is 6.04 Å². The monoisotopic (exact) mass is 141 g/mol. The van der Waals surface area contributed by atoms with Crippen molar-refractivity contribution in [3.8, 4) is 0 Å². The van der Waals surface area contributed by atoms with Crippen molar-refractivity contribution < 1.29 is 4.79 Å². The fraction of sp³-hybridized carbons (Fsp3) is 0.875. The number of carbonyl (C=O) groups is 1. The van der Waals surface area contributed by atoms with E-state index in [1.165, 1.54) is 19.3 Å². The Hall–Kier alpha value is -0.370. The molecule has 1 rings (SSSR count).